The summed E-state index contributed by atoms with van der Waals surface area (Å²) in [7, 11) is 2.72. The van der Waals surface area contributed by atoms with Crippen molar-refractivity contribution in [3.63, 3.8) is 0 Å². The Hall–Kier alpha value is -3.10. The maximum Gasteiger partial charge on any atom is 0.254 e. The molecule has 1 unspecified atom stereocenters. The van der Waals surface area contributed by atoms with Gasteiger partial charge >= 0.3 is 0 Å². The van der Waals surface area contributed by atoms with Crippen LogP contribution in [0.1, 0.15) is 10.4 Å². The molecule has 2 amide bonds. The molecule has 0 saturated carbocycles. The monoisotopic (exact) mass is 397 g/mol. The lowest BCUT2D eigenvalue weighted by atomic mass is 10.1. The normalized spacial score (nSPS) is 11.8. The van der Waals surface area contributed by atoms with Gasteiger partial charge in [-0.25, -0.2) is 4.98 Å². The van der Waals surface area contributed by atoms with Crippen LogP contribution in [-0.2, 0) is 9.59 Å². The smallest absolute Gasteiger partial charge is 0.254 e. The van der Waals surface area contributed by atoms with E-state index in [1.807, 2.05) is 24.3 Å². The van der Waals surface area contributed by atoms with Gasteiger partial charge in [0.1, 0.15) is 11.6 Å². The van der Waals surface area contributed by atoms with Crippen LogP contribution in [0.2, 0.25) is 0 Å². The highest BCUT2D eigenvalue weighted by molar-refractivity contribution is 7.21. The predicted molar refractivity (Wildman–Crippen MR) is 107 cm³/mol. The maximum atomic E-state index is 12.7. The van der Waals surface area contributed by atoms with Crippen molar-refractivity contribution in [2.75, 3.05) is 20.7 Å². The number of thiazole rings is 1. The van der Waals surface area contributed by atoms with Gasteiger partial charge in [0.2, 0.25) is 5.91 Å². The van der Waals surface area contributed by atoms with Crippen LogP contribution in [0.3, 0.4) is 0 Å². The topological polar surface area (TPSA) is 99.6 Å². The van der Waals surface area contributed by atoms with Gasteiger partial charge in [-0.1, -0.05) is 24.3 Å². The fraction of sp³-hybridized carbons (Fsp3) is 0.200. The number of carbonyl (C=O) groups excluding carboxylic acids is 3. The summed E-state index contributed by atoms with van der Waals surface area (Å²) in [6.07, 6.45) is 0. The summed E-state index contributed by atoms with van der Waals surface area (Å²) in [5, 5.41) is 12.3. The second kappa shape index (κ2) is 8.28. The van der Waals surface area contributed by atoms with Gasteiger partial charge in [-0.3, -0.25) is 14.4 Å². The van der Waals surface area contributed by atoms with Crippen LogP contribution in [-0.4, -0.2) is 59.3 Å². The van der Waals surface area contributed by atoms with E-state index in [0.717, 1.165) is 25.7 Å². The van der Waals surface area contributed by atoms with Gasteiger partial charge in [-0.05, 0) is 24.3 Å². The van der Waals surface area contributed by atoms with Crippen molar-refractivity contribution in [2.45, 2.75) is 6.04 Å². The largest absolute Gasteiger partial charge is 0.388 e. The first-order chi connectivity index (χ1) is 13.5. The highest BCUT2D eigenvalue weighted by Crippen LogP contribution is 2.30. The molecule has 0 saturated heterocycles. The summed E-state index contributed by atoms with van der Waals surface area (Å²) in [5.74, 6) is -1.89. The fourth-order valence-electron chi connectivity index (χ4n) is 2.83. The molecule has 0 radical (unpaired) electrons. The van der Waals surface area contributed by atoms with Gasteiger partial charge in [-0.15, -0.1) is 11.3 Å². The predicted octanol–water partition coefficient (Wildman–Crippen LogP) is 1.71. The number of hydrogen-bond donors (Lipinski definition) is 2. The Morgan fingerprint density at radius 3 is 2.43 bits per heavy atom. The number of Topliss-reactive ketones (excluding diaryl/α,β-unsaturated/α-hetero) is 1. The summed E-state index contributed by atoms with van der Waals surface area (Å²) >= 11 is 1.56. The lowest BCUT2D eigenvalue weighted by molar-refractivity contribution is -0.135. The van der Waals surface area contributed by atoms with Crippen LogP contribution in [0.15, 0.2) is 48.5 Å². The van der Waals surface area contributed by atoms with E-state index in [4.69, 9.17) is 5.11 Å². The average molecular weight is 397 g/mol. The van der Waals surface area contributed by atoms with Gasteiger partial charge in [0, 0.05) is 25.2 Å². The number of rotatable bonds is 6. The van der Waals surface area contributed by atoms with Crippen molar-refractivity contribution >= 4 is 39.2 Å². The molecular weight excluding hydrogens is 378 g/mol. The second-order valence-corrected chi connectivity index (χ2v) is 7.15. The molecule has 144 valence electrons. The van der Waals surface area contributed by atoms with Crippen LogP contribution in [0, 0.1) is 0 Å². The molecule has 0 aliphatic carbocycles. The number of para-hydroxylation sites is 1. The number of nitrogens with one attached hydrogen (secondary N) is 1. The first-order valence-corrected chi connectivity index (χ1v) is 9.36. The van der Waals surface area contributed by atoms with Crippen LogP contribution < -0.4 is 5.32 Å². The van der Waals surface area contributed by atoms with Crippen molar-refractivity contribution in [1.82, 2.24) is 15.2 Å². The van der Waals surface area contributed by atoms with Crippen LogP contribution in [0.5, 0.6) is 0 Å². The molecule has 28 heavy (non-hydrogen) atoms. The third kappa shape index (κ3) is 3.78. The van der Waals surface area contributed by atoms with Crippen molar-refractivity contribution in [1.29, 1.82) is 0 Å². The van der Waals surface area contributed by atoms with Gasteiger partial charge < -0.3 is 15.3 Å². The first kappa shape index (κ1) is 19.7. The molecule has 1 heterocycles. The SMILES string of the molecule is CNC(=O)C(C(=O)CO)N(C)C(=O)c1ccc(-c2nc3ccccc3s2)cc1. The van der Waals surface area contributed by atoms with E-state index in [-0.39, 0.29) is 0 Å². The number of hydrogen-bond acceptors (Lipinski definition) is 6. The Balaban J connectivity index is 1.84. The second-order valence-electron chi connectivity index (χ2n) is 6.12. The summed E-state index contributed by atoms with van der Waals surface area (Å²) in [6, 6.07) is 13.3. The van der Waals surface area contributed by atoms with Crippen molar-refractivity contribution in [3.05, 3.63) is 54.1 Å². The number of amides is 2. The van der Waals surface area contributed by atoms with Gasteiger partial charge in [0.15, 0.2) is 11.8 Å². The molecule has 0 spiro atoms. The molecule has 1 atom stereocenters. The zero-order chi connectivity index (χ0) is 20.3. The van der Waals surface area contributed by atoms with E-state index in [1.165, 1.54) is 14.1 Å². The number of aromatic nitrogens is 1. The molecule has 1 aromatic heterocycles. The molecule has 2 N–H and O–H groups in total. The van der Waals surface area contributed by atoms with Crippen molar-refractivity contribution in [3.8, 4) is 10.6 Å². The first-order valence-electron chi connectivity index (χ1n) is 8.54. The van der Waals surface area contributed by atoms with E-state index in [9.17, 15) is 14.4 Å². The minimum absolute atomic E-state index is 0.326. The van der Waals surface area contributed by atoms with E-state index in [2.05, 4.69) is 10.3 Å². The van der Waals surface area contributed by atoms with Crippen LogP contribution in [0.25, 0.3) is 20.8 Å². The standard InChI is InChI=1S/C20H19N3O4S/c1-21-18(26)17(15(25)11-24)23(2)20(27)13-9-7-12(8-10-13)19-22-14-5-3-4-6-16(14)28-19/h3-10,17,24H,11H2,1-2H3,(H,21,26). The van der Waals surface area contributed by atoms with Gasteiger partial charge in [0.05, 0.1) is 10.2 Å². The number of ketones is 1. The number of likely N-dealkylation sites (N-methyl/N-ethyl adjacent to an activating group) is 2. The number of benzene rings is 2. The molecule has 3 rings (SSSR count). The summed E-state index contributed by atoms with van der Waals surface area (Å²) in [5.41, 5.74) is 2.11. The van der Waals surface area contributed by atoms with Crippen molar-refractivity contribution in [2.24, 2.45) is 0 Å². The number of fused-ring (bicyclic) bond motifs is 1. The summed E-state index contributed by atoms with van der Waals surface area (Å²) < 4.78 is 1.08. The molecule has 0 aliphatic heterocycles. The quantitative estimate of drug-likeness (QED) is 0.617. The van der Waals surface area contributed by atoms with E-state index in [0.29, 0.717) is 5.56 Å². The molecule has 0 bridgehead atoms. The Bertz CT molecular complexity index is 980. The lowest BCUT2D eigenvalue weighted by Crippen LogP contribution is -2.52. The minimum atomic E-state index is -1.38. The molecule has 7 nitrogen and oxygen atoms in total. The Kier molecular flexibility index (Phi) is 5.81. The Labute approximate surface area is 165 Å². The Morgan fingerprint density at radius 2 is 1.82 bits per heavy atom. The molecule has 2 aromatic carbocycles. The minimum Gasteiger partial charge on any atom is -0.388 e. The highest BCUT2D eigenvalue weighted by Gasteiger charge is 2.32. The number of aliphatic hydroxyl groups is 1. The molecule has 8 heteroatoms. The number of carbonyl (C=O) groups is 3. The Morgan fingerprint density at radius 1 is 1.14 bits per heavy atom. The average Bonchev–Trinajstić information content (AvgIpc) is 3.17. The summed E-state index contributed by atoms with van der Waals surface area (Å²) in [4.78, 5) is 42.2. The molecule has 0 aliphatic rings. The van der Waals surface area contributed by atoms with Crippen LogP contribution in [0.4, 0.5) is 0 Å². The van der Waals surface area contributed by atoms with E-state index < -0.39 is 30.2 Å². The lowest BCUT2D eigenvalue weighted by Gasteiger charge is -2.25. The molecule has 3 aromatic rings. The van der Waals surface area contributed by atoms with Crippen LogP contribution >= 0.6 is 11.3 Å². The maximum absolute atomic E-state index is 12.7. The third-order valence-corrected chi connectivity index (χ3v) is 5.42. The third-order valence-electron chi connectivity index (χ3n) is 4.34. The van der Waals surface area contributed by atoms with E-state index >= 15 is 0 Å². The van der Waals surface area contributed by atoms with Gasteiger partial charge in [-0.2, -0.15) is 0 Å². The zero-order valence-electron chi connectivity index (χ0n) is 15.4. The number of aliphatic hydroxyl groups excluding tert-OH is 1. The molecule has 0 fully saturated rings. The van der Waals surface area contributed by atoms with Gasteiger partial charge in [0.25, 0.3) is 5.91 Å². The van der Waals surface area contributed by atoms with E-state index in [1.54, 1.807) is 35.6 Å². The number of nitrogens with zero attached hydrogens (tertiary/aromatic N) is 2. The fourth-order valence-corrected chi connectivity index (χ4v) is 3.80. The van der Waals surface area contributed by atoms with Crippen molar-refractivity contribution < 1.29 is 19.5 Å². The highest BCUT2D eigenvalue weighted by atomic mass is 32.1. The summed E-state index contributed by atoms with van der Waals surface area (Å²) in [6.45, 7) is -0.827. The zero-order valence-corrected chi connectivity index (χ0v) is 16.2. The molecular formula is C20H19N3O4S.